The Morgan fingerprint density at radius 1 is 1.20 bits per heavy atom. The van der Waals surface area contributed by atoms with E-state index >= 15 is 0 Å². The second-order valence-corrected chi connectivity index (χ2v) is 4.61. The molecule has 102 valence electrons. The lowest BCUT2D eigenvalue weighted by atomic mass is 10.1. The zero-order valence-corrected chi connectivity index (χ0v) is 11.6. The Kier molecular flexibility index (Phi) is 4.50. The number of carbonyl (C=O) groups is 1. The largest absolute Gasteiger partial charge is 0.284 e. The third-order valence-electron chi connectivity index (χ3n) is 2.54. The number of allylic oxidation sites excluding steroid dienone is 5. The second kappa shape index (κ2) is 6.32. The normalized spacial score (nSPS) is 13.3. The summed E-state index contributed by atoms with van der Waals surface area (Å²) in [5, 5.41) is 11.6. The van der Waals surface area contributed by atoms with Gasteiger partial charge in [-0.2, -0.15) is 0 Å². The molecule has 0 saturated heterocycles. The first-order chi connectivity index (χ1) is 9.54. The number of rotatable bonds is 2. The van der Waals surface area contributed by atoms with Gasteiger partial charge in [-0.3, -0.25) is 10.0 Å². The number of hydrogen-bond acceptors (Lipinski definition) is 3. The van der Waals surface area contributed by atoms with Crippen molar-refractivity contribution in [3.63, 3.8) is 0 Å². The highest BCUT2D eigenvalue weighted by atomic mass is 35.5. The summed E-state index contributed by atoms with van der Waals surface area (Å²) >= 11 is 5.79. The van der Waals surface area contributed by atoms with E-state index in [0.29, 0.717) is 16.4 Å². The van der Waals surface area contributed by atoms with Gasteiger partial charge in [0.15, 0.2) is 0 Å². The minimum atomic E-state index is -0.244. The van der Waals surface area contributed by atoms with E-state index in [1.54, 1.807) is 54.8 Å². The molecule has 0 unspecified atom stereocenters. The maximum atomic E-state index is 10.9. The molecule has 0 atom stereocenters. The van der Waals surface area contributed by atoms with Gasteiger partial charge < -0.3 is 0 Å². The third kappa shape index (κ3) is 3.91. The quantitative estimate of drug-likeness (QED) is 0.847. The van der Waals surface area contributed by atoms with E-state index < -0.39 is 0 Å². The van der Waals surface area contributed by atoms with Gasteiger partial charge in [0.1, 0.15) is 0 Å². The number of amides is 1. The number of nitrogens with zero attached hydrogens (tertiary/aromatic N) is 2. The van der Waals surface area contributed by atoms with Crippen LogP contribution in [0.2, 0.25) is 5.02 Å². The van der Waals surface area contributed by atoms with Crippen molar-refractivity contribution in [1.82, 2.24) is 0 Å². The van der Waals surface area contributed by atoms with Crippen molar-refractivity contribution < 1.29 is 10.0 Å². The Morgan fingerprint density at radius 2 is 1.80 bits per heavy atom. The molecule has 0 fully saturated rings. The Hall–Kier alpha value is -2.17. The molecule has 0 saturated carbocycles. The minimum absolute atomic E-state index is 0.244. The fourth-order valence-electron chi connectivity index (χ4n) is 1.63. The van der Waals surface area contributed by atoms with Crippen LogP contribution < -0.4 is 5.06 Å². The number of halogens is 1. The highest BCUT2D eigenvalue weighted by Crippen LogP contribution is 2.18. The van der Waals surface area contributed by atoms with Crippen LogP contribution in [0.5, 0.6) is 0 Å². The molecule has 4 nitrogen and oxygen atoms in total. The van der Waals surface area contributed by atoms with Crippen LogP contribution in [0.15, 0.2) is 65.3 Å². The van der Waals surface area contributed by atoms with Gasteiger partial charge in [-0.05, 0) is 42.0 Å². The van der Waals surface area contributed by atoms with Crippen molar-refractivity contribution in [3.05, 3.63) is 65.4 Å². The number of carbonyl (C=O) groups excluding carboxylic acids is 1. The lowest BCUT2D eigenvalue weighted by molar-refractivity contribution is -0.115. The first-order valence-corrected chi connectivity index (χ1v) is 6.33. The highest BCUT2D eigenvalue weighted by molar-refractivity contribution is 6.30. The fraction of sp³-hybridized carbons (Fsp3) is 0.0667. The molecule has 0 spiro atoms. The van der Waals surface area contributed by atoms with Crippen molar-refractivity contribution >= 4 is 28.9 Å². The number of aliphatic imine (C=N–C) groups is 1. The Labute approximate surface area is 122 Å². The lowest BCUT2D eigenvalue weighted by Gasteiger charge is -2.13. The van der Waals surface area contributed by atoms with Crippen LogP contribution in [0.25, 0.3) is 0 Å². The van der Waals surface area contributed by atoms with Gasteiger partial charge in [-0.1, -0.05) is 23.8 Å². The van der Waals surface area contributed by atoms with Crippen LogP contribution in [-0.2, 0) is 4.79 Å². The predicted molar refractivity (Wildman–Crippen MR) is 80.2 cm³/mol. The molecule has 0 radical (unpaired) electrons. The van der Waals surface area contributed by atoms with Gasteiger partial charge in [-0.25, -0.2) is 10.1 Å². The van der Waals surface area contributed by atoms with Gasteiger partial charge in [0.2, 0.25) is 5.91 Å². The van der Waals surface area contributed by atoms with E-state index in [4.69, 9.17) is 11.6 Å². The maximum absolute atomic E-state index is 10.9. The average Bonchev–Trinajstić information content (AvgIpc) is 2.41. The molecule has 0 heterocycles. The summed E-state index contributed by atoms with van der Waals surface area (Å²) in [6.45, 7) is 1.40. The third-order valence-corrected chi connectivity index (χ3v) is 2.79. The highest BCUT2D eigenvalue weighted by Gasteiger charge is 2.03. The van der Waals surface area contributed by atoms with E-state index in [0.717, 1.165) is 10.6 Å². The smallest absolute Gasteiger partial charge is 0.243 e. The van der Waals surface area contributed by atoms with Crippen molar-refractivity contribution in [2.45, 2.75) is 6.92 Å². The van der Waals surface area contributed by atoms with Crippen molar-refractivity contribution in [2.24, 2.45) is 4.99 Å². The summed E-state index contributed by atoms with van der Waals surface area (Å²) in [7, 11) is 0. The van der Waals surface area contributed by atoms with Crippen LogP contribution in [-0.4, -0.2) is 16.8 Å². The Bertz CT molecular complexity index is 610. The van der Waals surface area contributed by atoms with Crippen LogP contribution in [0.4, 0.5) is 5.69 Å². The predicted octanol–water partition coefficient (Wildman–Crippen LogP) is 3.53. The van der Waals surface area contributed by atoms with Crippen molar-refractivity contribution in [1.29, 1.82) is 0 Å². The molecule has 0 aliphatic heterocycles. The SMILES string of the molecule is CC(=O)N=C1C=CC(=CN(O)c2ccc(Cl)cc2)C=C1. The number of benzene rings is 1. The number of anilines is 1. The monoisotopic (exact) mass is 288 g/mol. The topological polar surface area (TPSA) is 52.9 Å². The standard InChI is InChI=1S/C15H13ClN2O2/c1-11(19)17-14-6-2-12(3-7-14)10-18(20)15-8-4-13(16)5-9-15/h2-10,20H,1H3. The maximum Gasteiger partial charge on any atom is 0.243 e. The van der Waals surface area contributed by atoms with Crippen LogP contribution in [0, 0.1) is 0 Å². The average molecular weight is 289 g/mol. The molecular formula is C15H13ClN2O2. The van der Waals surface area contributed by atoms with Gasteiger partial charge in [0.05, 0.1) is 11.4 Å². The molecule has 1 N–H and O–H groups in total. The molecule has 1 aromatic carbocycles. The Balaban J connectivity index is 2.12. The lowest BCUT2D eigenvalue weighted by Crippen LogP contribution is -2.10. The van der Waals surface area contributed by atoms with Gasteiger partial charge >= 0.3 is 0 Å². The molecule has 1 aromatic rings. The number of hydrogen-bond donors (Lipinski definition) is 1. The summed E-state index contributed by atoms with van der Waals surface area (Å²) in [4.78, 5) is 14.7. The van der Waals surface area contributed by atoms with Crippen LogP contribution >= 0.6 is 11.6 Å². The zero-order valence-electron chi connectivity index (χ0n) is 10.8. The second-order valence-electron chi connectivity index (χ2n) is 4.17. The molecular weight excluding hydrogens is 276 g/mol. The molecule has 5 heteroatoms. The summed E-state index contributed by atoms with van der Waals surface area (Å²) in [5.74, 6) is -0.244. The van der Waals surface area contributed by atoms with Crippen LogP contribution in [0.1, 0.15) is 6.92 Å². The Morgan fingerprint density at radius 3 is 2.35 bits per heavy atom. The van der Waals surface area contributed by atoms with Crippen molar-refractivity contribution in [2.75, 3.05) is 5.06 Å². The van der Waals surface area contributed by atoms with E-state index in [2.05, 4.69) is 4.99 Å². The fourth-order valence-corrected chi connectivity index (χ4v) is 1.75. The molecule has 2 rings (SSSR count). The molecule has 20 heavy (non-hydrogen) atoms. The first-order valence-electron chi connectivity index (χ1n) is 5.95. The van der Waals surface area contributed by atoms with Gasteiger partial charge in [0.25, 0.3) is 0 Å². The molecule has 1 amide bonds. The minimum Gasteiger partial charge on any atom is -0.284 e. The molecule has 0 aromatic heterocycles. The van der Waals surface area contributed by atoms with E-state index in [1.165, 1.54) is 6.92 Å². The summed E-state index contributed by atoms with van der Waals surface area (Å²) < 4.78 is 0. The van der Waals surface area contributed by atoms with E-state index in [-0.39, 0.29) is 5.91 Å². The number of hydroxylamine groups is 1. The molecule has 1 aliphatic carbocycles. The van der Waals surface area contributed by atoms with E-state index in [9.17, 15) is 10.0 Å². The summed E-state index contributed by atoms with van der Waals surface area (Å²) in [6.07, 6.45) is 8.51. The molecule has 1 aliphatic rings. The summed E-state index contributed by atoms with van der Waals surface area (Å²) in [5.41, 5.74) is 1.97. The van der Waals surface area contributed by atoms with Crippen molar-refractivity contribution in [3.8, 4) is 0 Å². The van der Waals surface area contributed by atoms with Gasteiger partial charge in [0, 0.05) is 18.1 Å². The van der Waals surface area contributed by atoms with Crippen LogP contribution in [0.3, 0.4) is 0 Å². The zero-order chi connectivity index (χ0) is 14.5. The van der Waals surface area contributed by atoms with Gasteiger partial charge in [-0.15, -0.1) is 0 Å². The van der Waals surface area contributed by atoms with E-state index in [1.807, 2.05) is 0 Å². The molecule has 0 bridgehead atoms. The first kappa shape index (κ1) is 14.2. The summed E-state index contributed by atoms with van der Waals surface area (Å²) in [6, 6.07) is 6.81.